The van der Waals surface area contributed by atoms with Crippen LogP contribution in [0.4, 0.5) is 0 Å². The number of amides is 1. The lowest BCUT2D eigenvalue weighted by Crippen LogP contribution is -2.55. The number of thioether (sulfide) groups is 1. The molecule has 0 aromatic heterocycles. The van der Waals surface area contributed by atoms with E-state index in [-0.39, 0.29) is 17.4 Å². The molecule has 122 valence electrons. The fraction of sp³-hybridized carbons (Fsp3) is 0.263. The van der Waals surface area contributed by atoms with Crippen LogP contribution >= 0.6 is 11.8 Å². The summed E-state index contributed by atoms with van der Waals surface area (Å²) in [5.74, 6) is -0.146. The third-order valence-corrected chi connectivity index (χ3v) is 5.14. The number of carbonyl (C=O) groups is 1. The highest BCUT2D eigenvalue weighted by molar-refractivity contribution is 7.99. The monoisotopic (exact) mass is 337 g/mol. The Bertz CT molecular complexity index is 739. The first-order valence-corrected chi connectivity index (χ1v) is 8.90. The van der Waals surface area contributed by atoms with Crippen LogP contribution in [0.15, 0.2) is 54.6 Å². The third-order valence-electron chi connectivity index (χ3n) is 4.06. The molecule has 1 aliphatic heterocycles. The fourth-order valence-electron chi connectivity index (χ4n) is 2.71. The van der Waals surface area contributed by atoms with Gasteiger partial charge in [0.1, 0.15) is 11.4 Å². The van der Waals surface area contributed by atoms with E-state index >= 15 is 0 Å². The molecule has 2 aromatic carbocycles. The number of aryl methyl sites for hydroxylation is 1. The first kappa shape index (κ1) is 16.6. The van der Waals surface area contributed by atoms with Gasteiger partial charge in [0.2, 0.25) is 5.91 Å². The highest BCUT2D eigenvalue weighted by atomic mass is 32.2. The molecule has 2 aromatic rings. The largest absolute Gasteiger partial charge is 0.331 e. The Morgan fingerprint density at radius 2 is 1.83 bits per heavy atom. The summed E-state index contributed by atoms with van der Waals surface area (Å²) < 4.78 is 0. The van der Waals surface area contributed by atoms with Crippen molar-refractivity contribution in [2.24, 2.45) is 5.92 Å². The van der Waals surface area contributed by atoms with Crippen LogP contribution in [0, 0.1) is 24.2 Å². The van der Waals surface area contributed by atoms with E-state index in [4.69, 9.17) is 0 Å². The summed E-state index contributed by atoms with van der Waals surface area (Å²) in [6.07, 6.45) is 0. The highest BCUT2D eigenvalue weighted by Gasteiger charge is 2.37. The molecule has 0 spiro atoms. The molecule has 0 aliphatic carbocycles. The molecule has 1 amide bonds. The normalized spacial score (nSPS) is 23.3. The Kier molecular flexibility index (Phi) is 5.19. The van der Waals surface area contributed by atoms with Gasteiger partial charge in [0, 0.05) is 5.75 Å². The van der Waals surface area contributed by atoms with Crippen LogP contribution in [0.2, 0.25) is 0 Å². The van der Waals surface area contributed by atoms with Gasteiger partial charge in [-0.15, -0.1) is 11.8 Å². The van der Waals surface area contributed by atoms with E-state index in [0.717, 1.165) is 11.3 Å². The molecule has 4 nitrogen and oxygen atoms in total. The van der Waals surface area contributed by atoms with Crippen molar-refractivity contribution in [3.05, 3.63) is 71.3 Å². The topological polar surface area (TPSA) is 64.9 Å². The zero-order chi connectivity index (χ0) is 16.9. The molecule has 2 N–H and O–H groups in total. The van der Waals surface area contributed by atoms with Gasteiger partial charge in [-0.05, 0) is 18.1 Å². The van der Waals surface area contributed by atoms with E-state index in [1.54, 1.807) is 11.8 Å². The predicted octanol–water partition coefficient (Wildman–Crippen LogP) is 3.11. The maximum absolute atomic E-state index is 12.3. The van der Waals surface area contributed by atoms with Crippen molar-refractivity contribution in [1.82, 2.24) is 10.6 Å². The number of nitrogens with zero attached hydrogens (tertiary/aromatic N) is 1. The second kappa shape index (κ2) is 7.52. The number of nitriles is 1. The van der Waals surface area contributed by atoms with Gasteiger partial charge in [-0.1, -0.05) is 60.2 Å². The summed E-state index contributed by atoms with van der Waals surface area (Å²) in [5, 5.41) is 15.6. The molecule has 5 heteroatoms. The van der Waals surface area contributed by atoms with E-state index in [1.165, 1.54) is 11.1 Å². The smallest absolute Gasteiger partial charge is 0.241 e. The third kappa shape index (κ3) is 3.78. The minimum atomic E-state index is -0.719. The molecule has 24 heavy (non-hydrogen) atoms. The average Bonchev–Trinajstić information content (AvgIpc) is 2.61. The van der Waals surface area contributed by atoms with Crippen molar-refractivity contribution in [2.75, 3.05) is 0 Å². The molecule has 0 radical (unpaired) electrons. The molecule has 1 heterocycles. The number of carbonyl (C=O) groups excluding carboxylic acids is 1. The van der Waals surface area contributed by atoms with Gasteiger partial charge in [-0.25, -0.2) is 0 Å². The minimum absolute atomic E-state index is 0.214. The van der Waals surface area contributed by atoms with Crippen molar-refractivity contribution in [1.29, 1.82) is 5.26 Å². The van der Waals surface area contributed by atoms with E-state index in [9.17, 15) is 10.1 Å². The van der Waals surface area contributed by atoms with Crippen molar-refractivity contribution >= 4 is 17.7 Å². The van der Waals surface area contributed by atoms with Crippen LogP contribution in [0.5, 0.6) is 0 Å². The van der Waals surface area contributed by atoms with Crippen LogP contribution in [0.1, 0.15) is 22.7 Å². The van der Waals surface area contributed by atoms with Gasteiger partial charge < -0.3 is 5.32 Å². The summed E-state index contributed by atoms with van der Waals surface area (Å²) >= 11 is 1.62. The van der Waals surface area contributed by atoms with Gasteiger partial charge in [0.05, 0.1) is 12.1 Å². The van der Waals surface area contributed by atoms with E-state index in [0.29, 0.717) is 0 Å². The lowest BCUT2D eigenvalue weighted by molar-refractivity contribution is -0.126. The van der Waals surface area contributed by atoms with Crippen molar-refractivity contribution in [3.8, 4) is 6.07 Å². The van der Waals surface area contributed by atoms with Gasteiger partial charge >= 0.3 is 0 Å². The molecule has 0 saturated carbocycles. The van der Waals surface area contributed by atoms with E-state index in [2.05, 4.69) is 47.9 Å². The number of benzene rings is 2. The van der Waals surface area contributed by atoms with Gasteiger partial charge in [-0.3, -0.25) is 10.1 Å². The van der Waals surface area contributed by atoms with Crippen LogP contribution in [-0.4, -0.2) is 11.4 Å². The molecule has 1 aliphatic rings. The van der Waals surface area contributed by atoms with Gasteiger partial charge in [-0.2, -0.15) is 5.26 Å². The Balaban J connectivity index is 1.70. The van der Waals surface area contributed by atoms with Crippen LogP contribution in [0.25, 0.3) is 0 Å². The Hall–Kier alpha value is -2.29. The molecule has 3 rings (SSSR count). The summed E-state index contributed by atoms with van der Waals surface area (Å²) in [7, 11) is 0. The zero-order valence-electron chi connectivity index (χ0n) is 13.4. The summed E-state index contributed by atoms with van der Waals surface area (Å²) in [6, 6.07) is 19.9. The SMILES string of the molecule is Cc1ccc(CSC2NC(=O)C(C#N)C(c3ccccc3)N2)cc1. The number of hydrogen-bond acceptors (Lipinski definition) is 4. The second-order valence-corrected chi connectivity index (χ2v) is 6.94. The van der Waals surface area contributed by atoms with Crippen molar-refractivity contribution < 1.29 is 4.79 Å². The Morgan fingerprint density at radius 3 is 2.50 bits per heavy atom. The molecule has 1 fully saturated rings. The highest BCUT2D eigenvalue weighted by Crippen LogP contribution is 2.29. The average molecular weight is 337 g/mol. The van der Waals surface area contributed by atoms with E-state index < -0.39 is 5.92 Å². The molecule has 1 saturated heterocycles. The van der Waals surface area contributed by atoms with E-state index in [1.807, 2.05) is 30.3 Å². The van der Waals surface area contributed by atoms with Crippen molar-refractivity contribution in [3.63, 3.8) is 0 Å². The Labute approximate surface area is 146 Å². The van der Waals surface area contributed by atoms with Gasteiger partial charge in [0.25, 0.3) is 0 Å². The van der Waals surface area contributed by atoms with Crippen LogP contribution < -0.4 is 10.6 Å². The lowest BCUT2D eigenvalue weighted by Gasteiger charge is -2.34. The molecular formula is C19H19N3OS. The summed E-state index contributed by atoms with van der Waals surface area (Å²) in [4.78, 5) is 12.3. The number of rotatable bonds is 4. The zero-order valence-corrected chi connectivity index (χ0v) is 14.2. The first-order chi connectivity index (χ1) is 11.7. The molecule has 0 bridgehead atoms. The molecule has 3 atom stereocenters. The number of hydrogen-bond donors (Lipinski definition) is 2. The minimum Gasteiger partial charge on any atom is -0.331 e. The number of nitrogens with one attached hydrogen (secondary N) is 2. The predicted molar refractivity (Wildman–Crippen MR) is 95.8 cm³/mol. The van der Waals surface area contributed by atoms with Crippen LogP contribution in [-0.2, 0) is 10.5 Å². The fourth-order valence-corrected chi connectivity index (χ4v) is 3.70. The first-order valence-electron chi connectivity index (χ1n) is 7.85. The van der Waals surface area contributed by atoms with Gasteiger partial charge in [0.15, 0.2) is 0 Å². The molecule has 3 unspecified atom stereocenters. The standard InChI is InChI=1S/C19H19N3OS/c1-13-7-9-14(10-8-13)12-24-19-21-17(15-5-3-2-4-6-15)16(11-20)18(23)22-19/h2-10,16-17,19,21H,12H2,1H3,(H,22,23). The Morgan fingerprint density at radius 1 is 1.12 bits per heavy atom. The second-order valence-electron chi connectivity index (χ2n) is 5.85. The molecular weight excluding hydrogens is 318 g/mol. The summed E-state index contributed by atoms with van der Waals surface area (Å²) in [5.41, 5.74) is 3.18. The summed E-state index contributed by atoms with van der Waals surface area (Å²) in [6.45, 7) is 2.06. The van der Waals surface area contributed by atoms with Crippen LogP contribution in [0.3, 0.4) is 0 Å². The maximum Gasteiger partial charge on any atom is 0.241 e. The lowest BCUT2D eigenvalue weighted by atomic mass is 9.92. The maximum atomic E-state index is 12.3. The van der Waals surface area contributed by atoms with Crippen molar-refractivity contribution in [2.45, 2.75) is 24.2 Å². The quantitative estimate of drug-likeness (QED) is 0.900.